The topological polar surface area (TPSA) is 29.1 Å². The Kier molecular flexibility index (Phi) is 5.05. The lowest BCUT2D eigenvalue weighted by atomic mass is 10.1. The average molecular weight is 378 g/mol. The van der Waals surface area contributed by atoms with Gasteiger partial charge in [0.25, 0.3) is 5.91 Å². The molecule has 1 N–H and O–H groups in total. The van der Waals surface area contributed by atoms with E-state index >= 15 is 0 Å². The van der Waals surface area contributed by atoms with Gasteiger partial charge in [-0.1, -0.05) is 6.07 Å². The van der Waals surface area contributed by atoms with E-state index in [1.165, 1.54) is 12.1 Å². The van der Waals surface area contributed by atoms with Gasteiger partial charge < -0.3 is 5.32 Å². The van der Waals surface area contributed by atoms with Crippen molar-refractivity contribution in [3.63, 3.8) is 0 Å². The molecule has 2 aromatic rings. The summed E-state index contributed by atoms with van der Waals surface area (Å²) in [6.07, 6.45) is -3.81. The van der Waals surface area contributed by atoms with Crippen LogP contribution in [0, 0.1) is 0 Å². The summed E-state index contributed by atoms with van der Waals surface area (Å²) in [5.41, 5.74) is -0.811. The Balaban J connectivity index is 1.94. The van der Waals surface area contributed by atoms with Crippen LogP contribution in [0.2, 0.25) is 0 Å². The minimum atomic E-state index is -4.44. The van der Waals surface area contributed by atoms with Crippen LogP contribution in [0.15, 0.2) is 40.2 Å². The zero-order valence-corrected chi connectivity index (χ0v) is 13.1. The van der Waals surface area contributed by atoms with E-state index in [9.17, 15) is 18.0 Å². The van der Waals surface area contributed by atoms with Crippen molar-refractivity contribution >= 4 is 33.2 Å². The smallest absolute Gasteiger partial charge is 0.352 e. The van der Waals surface area contributed by atoms with Crippen molar-refractivity contribution in [2.24, 2.45) is 0 Å². The van der Waals surface area contributed by atoms with Crippen LogP contribution in [0.25, 0.3) is 0 Å². The molecule has 0 fully saturated rings. The van der Waals surface area contributed by atoms with Crippen LogP contribution >= 0.6 is 27.3 Å². The number of amides is 1. The highest BCUT2D eigenvalue weighted by atomic mass is 79.9. The number of hydrogen-bond acceptors (Lipinski definition) is 2. The molecule has 0 aliphatic rings. The molecule has 1 aromatic heterocycles. The lowest BCUT2D eigenvalue weighted by molar-refractivity contribution is -0.137. The second kappa shape index (κ2) is 6.62. The fourth-order valence-corrected chi connectivity index (χ4v) is 3.21. The Labute approximate surface area is 132 Å². The maximum atomic E-state index is 12.6. The normalized spacial score (nSPS) is 11.4. The maximum Gasteiger partial charge on any atom is 0.416 e. The summed E-state index contributed by atoms with van der Waals surface area (Å²) in [4.78, 5) is 12.9. The number of carbonyl (C=O) groups is 1. The molecule has 1 heterocycles. The van der Waals surface area contributed by atoms with Crippen molar-refractivity contribution in [1.82, 2.24) is 5.32 Å². The molecule has 0 saturated carbocycles. The van der Waals surface area contributed by atoms with E-state index < -0.39 is 17.6 Å². The second-order valence-electron chi connectivity index (χ2n) is 4.29. The molecule has 0 radical (unpaired) electrons. The van der Waals surface area contributed by atoms with E-state index in [2.05, 4.69) is 21.2 Å². The van der Waals surface area contributed by atoms with Gasteiger partial charge in [0.2, 0.25) is 0 Å². The predicted molar refractivity (Wildman–Crippen MR) is 79.5 cm³/mol. The molecule has 0 spiro atoms. The summed E-state index contributed by atoms with van der Waals surface area (Å²) >= 11 is 4.90. The van der Waals surface area contributed by atoms with Gasteiger partial charge in [0, 0.05) is 17.0 Å². The molecular weight excluding hydrogens is 367 g/mol. The lowest BCUT2D eigenvalue weighted by Crippen LogP contribution is -2.25. The lowest BCUT2D eigenvalue weighted by Gasteiger charge is -2.09. The number of benzene rings is 1. The van der Waals surface area contributed by atoms with E-state index in [0.717, 1.165) is 20.8 Å². The van der Waals surface area contributed by atoms with Crippen LogP contribution < -0.4 is 5.32 Å². The third-order valence-corrected chi connectivity index (χ3v) is 4.42. The number of hydrogen-bond donors (Lipinski definition) is 1. The number of nitrogens with one attached hydrogen (secondary N) is 1. The molecule has 7 heteroatoms. The number of rotatable bonds is 4. The zero-order valence-electron chi connectivity index (χ0n) is 10.7. The van der Waals surface area contributed by atoms with Crippen molar-refractivity contribution < 1.29 is 18.0 Å². The quantitative estimate of drug-likeness (QED) is 0.834. The molecule has 0 saturated heterocycles. The van der Waals surface area contributed by atoms with Crippen molar-refractivity contribution in [1.29, 1.82) is 0 Å². The molecule has 1 amide bonds. The fourth-order valence-electron chi connectivity index (χ4n) is 1.72. The van der Waals surface area contributed by atoms with Gasteiger partial charge in [-0.2, -0.15) is 13.2 Å². The minimum absolute atomic E-state index is 0.0113. The Morgan fingerprint density at radius 2 is 2.00 bits per heavy atom. The Hall–Kier alpha value is -1.34. The van der Waals surface area contributed by atoms with Gasteiger partial charge in [0.15, 0.2) is 0 Å². The molecule has 2 rings (SSSR count). The number of carbonyl (C=O) groups excluding carboxylic acids is 1. The highest BCUT2D eigenvalue weighted by Gasteiger charge is 2.30. The zero-order chi connectivity index (χ0) is 15.5. The molecule has 0 unspecified atom stereocenters. The largest absolute Gasteiger partial charge is 0.416 e. The summed E-state index contributed by atoms with van der Waals surface area (Å²) < 4.78 is 38.7. The van der Waals surface area contributed by atoms with Gasteiger partial charge in [-0.3, -0.25) is 4.79 Å². The van der Waals surface area contributed by atoms with E-state index in [4.69, 9.17) is 0 Å². The standard InChI is InChI=1S/C14H11BrF3NOS/c15-12-5-4-11(21-12)6-7-19-13(20)9-2-1-3-10(8-9)14(16,17)18/h1-5,8H,6-7H2,(H,19,20). The van der Waals surface area contributed by atoms with Crippen LogP contribution in [0.1, 0.15) is 20.8 Å². The molecule has 1 aromatic carbocycles. The monoisotopic (exact) mass is 377 g/mol. The van der Waals surface area contributed by atoms with Crippen molar-refractivity contribution in [3.05, 3.63) is 56.2 Å². The Morgan fingerprint density at radius 1 is 1.24 bits per heavy atom. The van der Waals surface area contributed by atoms with Crippen molar-refractivity contribution in [2.75, 3.05) is 6.54 Å². The van der Waals surface area contributed by atoms with Crippen LogP contribution in [-0.2, 0) is 12.6 Å². The first-order valence-electron chi connectivity index (χ1n) is 6.06. The Bertz CT molecular complexity index is 639. The molecule has 0 aliphatic heterocycles. The van der Waals surface area contributed by atoms with Gasteiger partial charge in [-0.15, -0.1) is 11.3 Å². The molecule has 21 heavy (non-hydrogen) atoms. The van der Waals surface area contributed by atoms with Gasteiger partial charge in [0.1, 0.15) is 0 Å². The van der Waals surface area contributed by atoms with Crippen LogP contribution in [0.3, 0.4) is 0 Å². The van der Waals surface area contributed by atoms with Crippen LogP contribution in [-0.4, -0.2) is 12.5 Å². The molecule has 0 atom stereocenters. The molecule has 0 aliphatic carbocycles. The average Bonchev–Trinajstić information content (AvgIpc) is 2.83. The minimum Gasteiger partial charge on any atom is -0.352 e. The summed E-state index contributed by atoms with van der Waals surface area (Å²) in [6.45, 7) is 0.377. The second-order valence-corrected chi connectivity index (χ2v) is 6.84. The van der Waals surface area contributed by atoms with Gasteiger partial charge in [-0.05, 0) is 52.7 Å². The van der Waals surface area contributed by atoms with E-state index in [1.807, 2.05) is 12.1 Å². The molecule has 112 valence electrons. The van der Waals surface area contributed by atoms with Gasteiger partial charge in [-0.25, -0.2) is 0 Å². The first kappa shape index (κ1) is 16.0. The molecule has 2 nitrogen and oxygen atoms in total. The number of halogens is 4. The highest BCUT2D eigenvalue weighted by molar-refractivity contribution is 9.11. The van der Waals surface area contributed by atoms with Gasteiger partial charge in [0.05, 0.1) is 9.35 Å². The van der Waals surface area contributed by atoms with Crippen LogP contribution in [0.4, 0.5) is 13.2 Å². The van der Waals surface area contributed by atoms with Gasteiger partial charge >= 0.3 is 6.18 Å². The number of thiophene rings is 1. The van der Waals surface area contributed by atoms with E-state index in [0.29, 0.717) is 13.0 Å². The van der Waals surface area contributed by atoms with Crippen molar-refractivity contribution in [2.45, 2.75) is 12.6 Å². The summed E-state index contributed by atoms with van der Waals surface area (Å²) in [6, 6.07) is 8.25. The SMILES string of the molecule is O=C(NCCc1ccc(Br)s1)c1cccc(C(F)(F)F)c1. The Morgan fingerprint density at radius 3 is 2.62 bits per heavy atom. The first-order chi connectivity index (χ1) is 9.86. The predicted octanol–water partition coefficient (Wildman–Crippen LogP) is 4.50. The van der Waals surface area contributed by atoms with Crippen molar-refractivity contribution in [3.8, 4) is 0 Å². The summed E-state index contributed by atoms with van der Waals surface area (Å²) in [5, 5.41) is 2.62. The van der Waals surface area contributed by atoms with E-state index in [-0.39, 0.29) is 5.56 Å². The molecule has 0 bridgehead atoms. The fraction of sp³-hybridized carbons (Fsp3) is 0.214. The number of alkyl halides is 3. The maximum absolute atomic E-state index is 12.6. The third kappa shape index (κ3) is 4.57. The van der Waals surface area contributed by atoms with E-state index in [1.54, 1.807) is 11.3 Å². The summed E-state index contributed by atoms with van der Waals surface area (Å²) in [7, 11) is 0. The first-order valence-corrected chi connectivity index (χ1v) is 7.67. The summed E-state index contributed by atoms with van der Waals surface area (Å²) in [5.74, 6) is -0.503. The van der Waals surface area contributed by atoms with Crippen LogP contribution in [0.5, 0.6) is 0 Å². The third-order valence-electron chi connectivity index (χ3n) is 2.74. The molecular formula is C14H11BrF3NOS. The highest BCUT2D eigenvalue weighted by Crippen LogP contribution is 2.29.